The van der Waals surface area contributed by atoms with Gasteiger partial charge in [0.1, 0.15) is 0 Å². The van der Waals surface area contributed by atoms with E-state index >= 15 is 0 Å². The molecule has 0 nitrogen and oxygen atoms in total. The van der Waals surface area contributed by atoms with E-state index in [1.165, 1.54) is 26.5 Å². The molecule has 2 aromatic rings. The molecule has 1 heterocycles. The molecular weight excluding hydrogens is 272 g/mol. The van der Waals surface area contributed by atoms with Gasteiger partial charge in [-0.15, -0.1) is 11.3 Å². The lowest BCUT2D eigenvalue weighted by atomic mass is 9.62. The largest absolute Gasteiger partial charge is 0.145 e. The molecule has 1 heteroatoms. The summed E-state index contributed by atoms with van der Waals surface area (Å²) in [7, 11) is 0. The molecule has 21 heavy (non-hydrogen) atoms. The van der Waals surface area contributed by atoms with E-state index in [2.05, 4.69) is 80.6 Å². The van der Waals surface area contributed by atoms with Gasteiger partial charge in [0.15, 0.2) is 0 Å². The minimum atomic E-state index is 0.0286. The van der Waals surface area contributed by atoms with Crippen molar-refractivity contribution in [1.29, 1.82) is 0 Å². The maximum absolute atomic E-state index is 2.40. The highest BCUT2D eigenvalue weighted by molar-refractivity contribution is 7.12. The summed E-state index contributed by atoms with van der Waals surface area (Å²) >= 11 is 1.93. The van der Waals surface area contributed by atoms with E-state index in [9.17, 15) is 0 Å². The molecule has 104 valence electrons. The maximum Gasteiger partial charge on any atom is 0.0377 e. The summed E-state index contributed by atoms with van der Waals surface area (Å²) < 4.78 is 0. The summed E-state index contributed by atoms with van der Waals surface area (Å²) in [5, 5.41) is 0. The fourth-order valence-corrected chi connectivity index (χ4v) is 4.73. The monoisotopic (exact) mass is 290 g/mol. The van der Waals surface area contributed by atoms with E-state index in [0.717, 1.165) is 0 Å². The normalized spacial score (nSPS) is 26.2. The second-order valence-electron chi connectivity index (χ2n) is 6.07. The van der Waals surface area contributed by atoms with E-state index in [1.54, 1.807) is 0 Å². The first-order chi connectivity index (χ1) is 10.2. The molecule has 0 amide bonds. The number of allylic oxidation sites excluding steroid dienone is 5. The van der Waals surface area contributed by atoms with Crippen molar-refractivity contribution < 1.29 is 0 Å². The van der Waals surface area contributed by atoms with Crippen LogP contribution in [-0.2, 0) is 5.41 Å². The number of thiophene rings is 1. The van der Waals surface area contributed by atoms with Crippen LogP contribution in [0.4, 0.5) is 0 Å². The van der Waals surface area contributed by atoms with Crippen LogP contribution in [0, 0.1) is 12.8 Å². The zero-order chi connectivity index (χ0) is 14.4. The van der Waals surface area contributed by atoms with Crippen LogP contribution in [0.25, 0.3) is 6.08 Å². The molecule has 2 atom stereocenters. The Labute approximate surface area is 130 Å². The Kier molecular flexibility index (Phi) is 2.80. The second-order valence-corrected chi connectivity index (χ2v) is 7.35. The molecule has 1 aromatic heterocycles. The average molecular weight is 290 g/mol. The average Bonchev–Trinajstić information content (AvgIpc) is 2.95. The molecule has 0 aliphatic heterocycles. The minimum Gasteiger partial charge on any atom is -0.145 e. The first-order valence-corrected chi connectivity index (χ1v) is 8.24. The van der Waals surface area contributed by atoms with Gasteiger partial charge in [-0.05, 0) is 42.7 Å². The van der Waals surface area contributed by atoms with Crippen LogP contribution < -0.4 is 0 Å². The molecule has 0 N–H and O–H groups in total. The molecule has 0 spiro atoms. The summed E-state index contributed by atoms with van der Waals surface area (Å²) in [6.07, 6.45) is 11.3. The van der Waals surface area contributed by atoms with Gasteiger partial charge in [-0.25, -0.2) is 0 Å². The Balaban J connectivity index is 2.01. The molecule has 1 aromatic carbocycles. The van der Waals surface area contributed by atoms with E-state index < -0.39 is 0 Å². The zero-order valence-electron chi connectivity index (χ0n) is 12.3. The van der Waals surface area contributed by atoms with Crippen LogP contribution in [0.2, 0.25) is 0 Å². The highest BCUT2D eigenvalue weighted by atomic mass is 32.1. The van der Waals surface area contributed by atoms with E-state index in [-0.39, 0.29) is 5.41 Å². The predicted octanol–water partition coefficient (Wildman–Crippen LogP) is 5.50. The Hall–Kier alpha value is -1.86. The van der Waals surface area contributed by atoms with E-state index in [1.807, 2.05) is 11.3 Å². The van der Waals surface area contributed by atoms with Crippen LogP contribution in [0.3, 0.4) is 0 Å². The van der Waals surface area contributed by atoms with Crippen molar-refractivity contribution in [2.24, 2.45) is 5.92 Å². The van der Waals surface area contributed by atoms with Crippen molar-refractivity contribution in [3.8, 4) is 0 Å². The SMILES string of the molecule is Cc1ccc(C2(C)c3ccccc3C=C3C=CC=CC32)s1. The lowest BCUT2D eigenvalue weighted by molar-refractivity contribution is 0.473. The Morgan fingerprint density at radius 1 is 1.05 bits per heavy atom. The third kappa shape index (κ3) is 1.81. The second kappa shape index (κ2) is 4.57. The van der Waals surface area contributed by atoms with Gasteiger partial charge in [0.2, 0.25) is 0 Å². The number of fused-ring (bicyclic) bond motifs is 2. The quantitative estimate of drug-likeness (QED) is 0.650. The van der Waals surface area contributed by atoms with Crippen molar-refractivity contribution in [2.75, 3.05) is 0 Å². The Bertz CT molecular complexity index is 788. The molecule has 2 aliphatic carbocycles. The molecule has 2 unspecified atom stereocenters. The van der Waals surface area contributed by atoms with Crippen molar-refractivity contribution in [3.63, 3.8) is 0 Å². The van der Waals surface area contributed by atoms with Gasteiger partial charge < -0.3 is 0 Å². The lowest BCUT2D eigenvalue weighted by Gasteiger charge is -2.42. The molecule has 4 rings (SSSR count). The summed E-state index contributed by atoms with van der Waals surface area (Å²) in [5.74, 6) is 0.426. The Morgan fingerprint density at radius 3 is 2.71 bits per heavy atom. The summed E-state index contributed by atoms with van der Waals surface area (Å²) in [6.45, 7) is 4.60. The van der Waals surface area contributed by atoms with Crippen molar-refractivity contribution in [1.82, 2.24) is 0 Å². The van der Waals surface area contributed by atoms with Crippen LogP contribution in [0.1, 0.15) is 27.8 Å². The van der Waals surface area contributed by atoms with Crippen LogP contribution >= 0.6 is 11.3 Å². The van der Waals surface area contributed by atoms with E-state index in [0.29, 0.717) is 5.92 Å². The molecule has 0 fully saturated rings. The number of hydrogen-bond donors (Lipinski definition) is 0. The minimum absolute atomic E-state index is 0.0286. The summed E-state index contributed by atoms with van der Waals surface area (Å²) in [6, 6.07) is 13.4. The lowest BCUT2D eigenvalue weighted by Crippen LogP contribution is -2.36. The van der Waals surface area contributed by atoms with Gasteiger partial charge in [-0.3, -0.25) is 0 Å². The standard InChI is InChI=1S/C20H18S/c1-14-11-12-19(21-14)20(2)17-9-5-3-7-15(17)13-16-8-4-6-10-18(16)20/h3-13,17H,1-2H3. The van der Waals surface area contributed by atoms with Gasteiger partial charge in [-0.2, -0.15) is 0 Å². The molecule has 0 radical (unpaired) electrons. The molecular formula is C20H18S. The zero-order valence-corrected chi connectivity index (χ0v) is 13.2. The van der Waals surface area contributed by atoms with Gasteiger partial charge in [-0.1, -0.05) is 54.6 Å². The van der Waals surface area contributed by atoms with Crippen molar-refractivity contribution in [2.45, 2.75) is 19.3 Å². The number of hydrogen-bond acceptors (Lipinski definition) is 1. The van der Waals surface area contributed by atoms with Crippen LogP contribution in [0.15, 0.2) is 66.3 Å². The summed E-state index contributed by atoms with van der Waals surface area (Å²) in [4.78, 5) is 2.85. The van der Waals surface area contributed by atoms with Crippen molar-refractivity contribution in [3.05, 3.63) is 87.2 Å². The van der Waals surface area contributed by atoms with Crippen LogP contribution in [0.5, 0.6) is 0 Å². The maximum atomic E-state index is 2.40. The first kappa shape index (κ1) is 12.8. The fourth-order valence-electron chi connectivity index (χ4n) is 3.66. The topological polar surface area (TPSA) is 0 Å². The number of aryl methyl sites for hydroxylation is 1. The van der Waals surface area contributed by atoms with E-state index in [4.69, 9.17) is 0 Å². The van der Waals surface area contributed by atoms with Gasteiger partial charge in [0.05, 0.1) is 0 Å². The number of benzene rings is 1. The number of rotatable bonds is 1. The fraction of sp³-hybridized carbons (Fsp3) is 0.200. The first-order valence-electron chi connectivity index (χ1n) is 7.42. The third-order valence-corrected chi connectivity index (χ3v) is 6.02. The van der Waals surface area contributed by atoms with Crippen molar-refractivity contribution >= 4 is 17.4 Å². The van der Waals surface area contributed by atoms with Gasteiger partial charge in [0.25, 0.3) is 0 Å². The molecule has 2 aliphatic rings. The van der Waals surface area contributed by atoms with Gasteiger partial charge in [0, 0.05) is 21.1 Å². The summed E-state index contributed by atoms with van der Waals surface area (Å²) in [5.41, 5.74) is 4.25. The highest BCUT2D eigenvalue weighted by Gasteiger charge is 2.42. The molecule has 0 saturated heterocycles. The smallest absolute Gasteiger partial charge is 0.0377 e. The van der Waals surface area contributed by atoms with Gasteiger partial charge >= 0.3 is 0 Å². The highest BCUT2D eigenvalue weighted by Crippen LogP contribution is 2.51. The molecule has 0 bridgehead atoms. The predicted molar refractivity (Wildman–Crippen MR) is 91.7 cm³/mol. The van der Waals surface area contributed by atoms with Crippen LogP contribution in [-0.4, -0.2) is 0 Å². The third-order valence-electron chi connectivity index (χ3n) is 4.78. The Morgan fingerprint density at radius 2 is 1.90 bits per heavy atom. The molecule has 0 saturated carbocycles.